The van der Waals surface area contributed by atoms with Gasteiger partial charge in [0.15, 0.2) is 5.65 Å². The Morgan fingerprint density at radius 2 is 2.19 bits per heavy atom. The fraction of sp³-hybridized carbons (Fsp3) is 0.263. The van der Waals surface area contributed by atoms with Crippen LogP contribution in [0.2, 0.25) is 0 Å². The first-order valence-corrected chi connectivity index (χ1v) is 8.16. The van der Waals surface area contributed by atoms with E-state index in [0.717, 1.165) is 6.20 Å². The number of H-pyrrole nitrogens is 1. The standard InChI is InChI=1S/C19H17FN6O/c1-19(2)10-26-15(9-27-19)16(12-5-6-21-18-13(12)8-23-24-18)17(25-26)14-4-3-11(20)7-22-14/h3-8H,9-10H2,1-2H3,(H,21,23,24)/i1D3,2D3. The summed E-state index contributed by atoms with van der Waals surface area (Å²) in [6, 6.07) is 4.41. The normalized spacial score (nSPS) is 20.0. The second-order valence-corrected chi connectivity index (χ2v) is 6.30. The molecule has 7 nitrogen and oxygen atoms in total. The van der Waals surface area contributed by atoms with E-state index < -0.39 is 31.7 Å². The van der Waals surface area contributed by atoms with Gasteiger partial charge in [0.1, 0.15) is 11.5 Å². The van der Waals surface area contributed by atoms with Gasteiger partial charge in [-0.3, -0.25) is 14.8 Å². The first-order chi connectivity index (χ1) is 15.5. The summed E-state index contributed by atoms with van der Waals surface area (Å²) in [7, 11) is 0. The third-order valence-electron chi connectivity index (χ3n) is 4.48. The highest BCUT2D eigenvalue weighted by Crippen LogP contribution is 2.39. The fourth-order valence-corrected chi connectivity index (χ4v) is 3.27. The Hall–Kier alpha value is -3.13. The van der Waals surface area contributed by atoms with E-state index in [2.05, 4.69) is 25.3 Å². The number of hydrogen-bond donors (Lipinski definition) is 1. The van der Waals surface area contributed by atoms with Crippen molar-refractivity contribution in [1.29, 1.82) is 0 Å². The molecule has 0 spiro atoms. The summed E-state index contributed by atoms with van der Waals surface area (Å²) in [5.74, 6) is -0.530. The monoisotopic (exact) mass is 370 g/mol. The molecule has 0 bridgehead atoms. The van der Waals surface area contributed by atoms with Crippen molar-refractivity contribution in [1.82, 2.24) is 29.9 Å². The zero-order chi connectivity index (χ0) is 23.6. The van der Waals surface area contributed by atoms with Crippen LogP contribution in [-0.4, -0.2) is 35.5 Å². The first-order valence-electron chi connectivity index (χ1n) is 11.2. The van der Waals surface area contributed by atoms with E-state index in [1.54, 1.807) is 18.5 Å². The maximum Gasteiger partial charge on any atom is 0.155 e. The van der Waals surface area contributed by atoms with E-state index in [1.165, 1.54) is 16.8 Å². The minimum atomic E-state index is -2.94. The van der Waals surface area contributed by atoms with Crippen molar-refractivity contribution in [3.63, 3.8) is 0 Å². The molecule has 0 unspecified atom stereocenters. The number of halogens is 1. The Morgan fingerprint density at radius 1 is 1.26 bits per heavy atom. The second kappa shape index (κ2) is 5.68. The Bertz CT molecular complexity index is 1330. The second-order valence-electron chi connectivity index (χ2n) is 6.30. The van der Waals surface area contributed by atoms with Gasteiger partial charge in [0, 0.05) is 30.9 Å². The van der Waals surface area contributed by atoms with Crippen molar-refractivity contribution in [2.24, 2.45) is 0 Å². The summed E-state index contributed by atoms with van der Waals surface area (Å²) in [6.45, 7) is -6.72. The van der Waals surface area contributed by atoms with Gasteiger partial charge in [-0.25, -0.2) is 9.37 Å². The minimum absolute atomic E-state index is 0.317. The smallest absolute Gasteiger partial charge is 0.155 e. The van der Waals surface area contributed by atoms with Crippen LogP contribution in [0.1, 0.15) is 27.6 Å². The average Bonchev–Trinajstić information content (AvgIpc) is 3.36. The van der Waals surface area contributed by atoms with Gasteiger partial charge in [0.25, 0.3) is 0 Å². The molecule has 5 heterocycles. The predicted octanol–water partition coefficient (Wildman–Crippen LogP) is 3.33. The van der Waals surface area contributed by atoms with Gasteiger partial charge in [0.05, 0.1) is 42.5 Å². The number of hydrogen-bond acceptors (Lipinski definition) is 5. The summed E-state index contributed by atoms with van der Waals surface area (Å²) >= 11 is 0. The molecule has 0 radical (unpaired) electrons. The van der Waals surface area contributed by atoms with Gasteiger partial charge in [0.2, 0.25) is 0 Å². The lowest BCUT2D eigenvalue weighted by Crippen LogP contribution is -2.36. The number of aromatic amines is 1. The van der Waals surface area contributed by atoms with Crippen molar-refractivity contribution < 1.29 is 17.4 Å². The number of rotatable bonds is 2. The van der Waals surface area contributed by atoms with Gasteiger partial charge in [-0.15, -0.1) is 0 Å². The molecule has 0 amide bonds. The molecule has 0 atom stereocenters. The molecule has 4 aromatic rings. The predicted molar refractivity (Wildman–Crippen MR) is 97.2 cm³/mol. The number of aromatic nitrogens is 6. The van der Waals surface area contributed by atoms with Gasteiger partial charge in [-0.1, -0.05) is 0 Å². The molecule has 1 aliphatic rings. The van der Waals surface area contributed by atoms with E-state index >= 15 is 0 Å². The fourth-order valence-electron chi connectivity index (χ4n) is 3.27. The Morgan fingerprint density at radius 3 is 3.00 bits per heavy atom. The van der Waals surface area contributed by atoms with Crippen LogP contribution >= 0.6 is 0 Å². The summed E-state index contributed by atoms with van der Waals surface area (Å²) in [5.41, 5.74) is 0.412. The molecule has 8 heteroatoms. The number of fused-ring (bicyclic) bond motifs is 2. The number of pyridine rings is 2. The zero-order valence-corrected chi connectivity index (χ0v) is 13.9. The summed E-state index contributed by atoms with van der Waals surface area (Å²) in [5, 5.41) is 12.0. The van der Waals surface area contributed by atoms with Gasteiger partial charge in [-0.2, -0.15) is 10.2 Å². The zero-order valence-electron chi connectivity index (χ0n) is 19.9. The molecule has 0 saturated carbocycles. The van der Waals surface area contributed by atoms with Crippen LogP contribution in [0.15, 0.2) is 36.8 Å². The van der Waals surface area contributed by atoms with Crippen LogP contribution in [0.4, 0.5) is 4.39 Å². The highest BCUT2D eigenvalue weighted by molar-refractivity contribution is 5.97. The highest BCUT2D eigenvalue weighted by Gasteiger charge is 2.32. The molecule has 1 aliphatic heterocycles. The van der Waals surface area contributed by atoms with Crippen molar-refractivity contribution in [3.05, 3.63) is 48.3 Å². The van der Waals surface area contributed by atoms with Crippen LogP contribution in [0.25, 0.3) is 33.5 Å². The quantitative estimate of drug-likeness (QED) is 0.585. The Labute approximate surface area is 162 Å². The molecule has 136 valence electrons. The molecule has 0 aliphatic carbocycles. The molecular weight excluding hydrogens is 347 g/mol. The number of ether oxygens (including phenoxy) is 1. The van der Waals surface area contributed by atoms with Crippen molar-refractivity contribution in [2.75, 3.05) is 0 Å². The summed E-state index contributed by atoms with van der Waals surface area (Å²) in [6.07, 6.45) is 4.20. The molecule has 27 heavy (non-hydrogen) atoms. The van der Waals surface area contributed by atoms with Crippen molar-refractivity contribution in [2.45, 2.75) is 32.5 Å². The molecule has 0 fully saturated rings. The molecule has 0 saturated heterocycles. The van der Waals surface area contributed by atoms with Crippen LogP contribution in [0, 0.1) is 5.82 Å². The van der Waals surface area contributed by atoms with Crippen molar-refractivity contribution in [3.8, 4) is 22.5 Å². The van der Waals surface area contributed by atoms with Crippen molar-refractivity contribution >= 4 is 11.0 Å². The lowest BCUT2D eigenvalue weighted by molar-refractivity contribution is -0.0657. The molecule has 0 aromatic carbocycles. The Balaban J connectivity index is 1.77. The lowest BCUT2D eigenvalue weighted by atomic mass is 9.98. The number of nitrogens with zero attached hydrogens (tertiary/aromatic N) is 5. The molecule has 4 aromatic heterocycles. The summed E-state index contributed by atoms with van der Waals surface area (Å²) in [4.78, 5) is 8.36. The van der Waals surface area contributed by atoms with Gasteiger partial charge >= 0.3 is 0 Å². The highest BCUT2D eigenvalue weighted by atomic mass is 19.1. The average molecular weight is 370 g/mol. The number of nitrogens with one attached hydrogen (secondary N) is 1. The SMILES string of the molecule is [2H]C([2H])([2H])C1(C([2H])([2H])[2H])Cn2nc(-c3ccc(F)cn3)c(-c3ccnc4[nH]ncc34)c2CO1. The maximum absolute atomic E-state index is 13.5. The van der Waals surface area contributed by atoms with E-state index in [9.17, 15) is 4.39 Å². The third-order valence-corrected chi connectivity index (χ3v) is 4.48. The van der Waals surface area contributed by atoms with E-state index in [0.29, 0.717) is 39.2 Å². The van der Waals surface area contributed by atoms with E-state index in [1.807, 2.05) is 0 Å². The molecule has 5 rings (SSSR count). The van der Waals surface area contributed by atoms with E-state index in [4.69, 9.17) is 13.0 Å². The van der Waals surface area contributed by atoms with Gasteiger partial charge < -0.3 is 4.74 Å². The minimum Gasteiger partial charge on any atom is -0.367 e. The largest absolute Gasteiger partial charge is 0.367 e. The van der Waals surface area contributed by atoms with Gasteiger partial charge in [-0.05, 0) is 31.9 Å². The third kappa shape index (κ3) is 2.60. The van der Waals surface area contributed by atoms with Crippen LogP contribution in [-0.2, 0) is 17.9 Å². The molecular formula is C19H17FN6O. The topological polar surface area (TPSA) is 81.5 Å². The van der Waals surface area contributed by atoms with E-state index in [-0.39, 0.29) is 6.61 Å². The maximum atomic E-state index is 13.5. The van der Waals surface area contributed by atoms with Crippen LogP contribution in [0.5, 0.6) is 0 Å². The lowest BCUT2D eigenvalue weighted by Gasteiger charge is -2.31. The first kappa shape index (κ1) is 10.9. The van der Waals surface area contributed by atoms with Crippen LogP contribution < -0.4 is 0 Å². The Kier molecular flexibility index (Phi) is 2.29. The molecule has 1 N–H and O–H groups in total. The van der Waals surface area contributed by atoms with Crippen LogP contribution in [0.3, 0.4) is 0 Å². The summed E-state index contributed by atoms with van der Waals surface area (Å²) < 4.78 is 67.9.